The van der Waals surface area contributed by atoms with Crippen molar-refractivity contribution in [2.24, 2.45) is 0 Å². The second-order valence-corrected chi connectivity index (χ2v) is 11.4. The van der Waals surface area contributed by atoms with Crippen molar-refractivity contribution in [3.63, 3.8) is 0 Å². The Balaban J connectivity index is 1.82. The van der Waals surface area contributed by atoms with Gasteiger partial charge in [-0.25, -0.2) is 9.18 Å². The Bertz CT molecular complexity index is 1030. The third-order valence-corrected chi connectivity index (χ3v) is 7.47. The van der Waals surface area contributed by atoms with E-state index in [2.05, 4.69) is 24.1 Å². The van der Waals surface area contributed by atoms with Crippen molar-refractivity contribution in [3.05, 3.63) is 59.9 Å². The molecule has 1 heterocycles. The molecule has 1 unspecified atom stereocenters. The van der Waals surface area contributed by atoms with Gasteiger partial charge in [-0.2, -0.15) is 0 Å². The van der Waals surface area contributed by atoms with Crippen LogP contribution in [-0.2, 0) is 6.54 Å². The highest BCUT2D eigenvalue weighted by molar-refractivity contribution is 8.45. The highest BCUT2D eigenvalue weighted by atomic mass is 32.5. The Morgan fingerprint density at radius 3 is 2.29 bits per heavy atom. The number of likely N-dealkylation sites (tertiary alicyclic amines) is 1. The summed E-state index contributed by atoms with van der Waals surface area (Å²) in [7, 11) is -10.3. The summed E-state index contributed by atoms with van der Waals surface area (Å²) in [6, 6.07) is 9.65. The number of nitrogens with one attached hydrogen (secondary N) is 1. The monoisotopic (exact) mass is 523 g/mol. The second-order valence-electron chi connectivity index (χ2n) is 9.06. The maximum absolute atomic E-state index is 13.7. The van der Waals surface area contributed by atoms with Crippen LogP contribution in [0.1, 0.15) is 45.1 Å². The van der Waals surface area contributed by atoms with E-state index in [1.54, 1.807) is 12.1 Å². The first kappa shape index (κ1) is 27.2. The molecule has 0 aliphatic carbocycles. The Labute approximate surface area is 202 Å². The van der Waals surface area contributed by atoms with Crippen LogP contribution in [0.4, 0.5) is 34.3 Å². The minimum absolute atomic E-state index is 0.0372. The fourth-order valence-corrected chi connectivity index (χ4v) is 5.24. The Kier molecular flexibility index (Phi) is 7.44. The van der Waals surface area contributed by atoms with Crippen molar-refractivity contribution in [3.8, 4) is 0 Å². The molecule has 1 atom stereocenters. The van der Waals surface area contributed by atoms with Gasteiger partial charge in [-0.1, -0.05) is 63.1 Å². The molecular weight excluding hydrogens is 492 g/mol. The fraction of sp³-hybridized carbons (Fsp3) is 0.458. The molecule has 0 aromatic heterocycles. The first-order valence-corrected chi connectivity index (χ1v) is 13.5. The SMILES string of the molecule is CCCC(C)N1CCC(N(Cc2ccccc2)C(=O)Nc2ccc(F)c(S(F)(F)(F)(F)F)c2)CC1. The molecule has 0 bridgehead atoms. The zero-order valence-corrected chi connectivity index (χ0v) is 20.5. The number of benzene rings is 2. The molecule has 4 nitrogen and oxygen atoms in total. The van der Waals surface area contributed by atoms with E-state index in [4.69, 9.17) is 0 Å². The molecule has 196 valence electrons. The predicted molar refractivity (Wildman–Crippen MR) is 128 cm³/mol. The summed E-state index contributed by atoms with van der Waals surface area (Å²) in [4.78, 5) is 14.4. The molecule has 0 saturated carbocycles. The first-order chi connectivity index (χ1) is 16.2. The summed E-state index contributed by atoms with van der Waals surface area (Å²) in [6.45, 7) is 5.98. The number of piperidine rings is 1. The lowest BCUT2D eigenvalue weighted by Gasteiger charge is -2.41. The van der Waals surface area contributed by atoms with E-state index in [0.717, 1.165) is 37.6 Å². The lowest BCUT2D eigenvalue weighted by molar-refractivity contribution is 0.0989. The third-order valence-electron chi connectivity index (χ3n) is 6.32. The first-order valence-electron chi connectivity index (χ1n) is 11.6. The van der Waals surface area contributed by atoms with E-state index in [-0.39, 0.29) is 24.7 Å². The summed E-state index contributed by atoms with van der Waals surface area (Å²) in [5.41, 5.74) is 0.267. The minimum atomic E-state index is -10.3. The second kappa shape index (κ2) is 9.57. The molecule has 2 aromatic carbocycles. The van der Waals surface area contributed by atoms with Crippen LogP contribution in [0.5, 0.6) is 0 Å². The van der Waals surface area contributed by atoms with Crippen molar-refractivity contribution in [2.45, 2.75) is 63.1 Å². The zero-order valence-electron chi connectivity index (χ0n) is 19.7. The van der Waals surface area contributed by atoms with Gasteiger partial charge in [-0.15, -0.1) is 0 Å². The molecule has 3 rings (SSSR count). The molecule has 1 fully saturated rings. The van der Waals surface area contributed by atoms with Gasteiger partial charge in [0.1, 0.15) is 10.7 Å². The highest BCUT2D eigenvalue weighted by Crippen LogP contribution is 3.02. The van der Waals surface area contributed by atoms with Gasteiger partial charge in [0.2, 0.25) is 0 Å². The molecule has 1 aliphatic rings. The smallest absolute Gasteiger partial charge is 0.317 e. The summed E-state index contributed by atoms with van der Waals surface area (Å²) >= 11 is 0. The number of halogens is 6. The van der Waals surface area contributed by atoms with E-state index in [1.165, 1.54) is 4.90 Å². The average Bonchev–Trinajstić information content (AvgIpc) is 2.78. The Hall–Kier alpha value is -2.40. The Morgan fingerprint density at radius 2 is 1.71 bits per heavy atom. The number of rotatable bonds is 8. The summed E-state index contributed by atoms with van der Waals surface area (Å²) < 4.78 is 79.9. The van der Waals surface area contributed by atoms with E-state index < -0.39 is 32.7 Å². The van der Waals surface area contributed by atoms with Gasteiger partial charge in [-0.05, 0) is 49.9 Å². The number of hydrogen-bond donors (Lipinski definition) is 1. The number of anilines is 1. The van der Waals surface area contributed by atoms with Crippen LogP contribution in [0.15, 0.2) is 53.4 Å². The summed E-state index contributed by atoms with van der Waals surface area (Å²) in [5, 5.41) is 2.28. The fourth-order valence-electron chi connectivity index (χ4n) is 4.46. The maximum atomic E-state index is 13.7. The molecule has 11 heteroatoms. The standard InChI is InChI=1S/C24H31F6N3OS/c1-3-7-18(2)32-14-12-21(13-15-32)33(17-19-8-5-4-6-9-19)24(34)31-20-10-11-22(25)23(16-20)35(26,27,28,29)30/h4-6,8-11,16,18,21H,3,7,12-15,17H2,1-2H3,(H,31,34). The van der Waals surface area contributed by atoms with Crippen LogP contribution in [0.3, 0.4) is 0 Å². The van der Waals surface area contributed by atoms with Gasteiger partial charge < -0.3 is 15.1 Å². The lowest BCUT2D eigenvalue weighted by atomic mass is 10.00. The van der Waals surface area contributed by atoms with Crippen LogP contribution >= 0.6 is 10.2 Å². The third kappa shape index (κ3) is 7.30. The number of carbonyl (C=O) groups is 1. The molecule has 2 aromatic rings. The van der Waals surface area contributed by atoms with Crippen molar-refractivity contribution in [1.29, 1.82) is 0 Å². The van der Waals surface area contributed by atoms with E-state index in [1.807, 2.05) is 18.2 Å². The van der Waals surface area contributed by atoms with Gasteiger partial charge >= 0.3 is 16.3 Å². The van der Waals surface area contributed by atoms with Gasteiger partial charge in [-0.3, -0.25) is 0 Å². The maximum Gasteiger partial charge on any atom is 0.322 e. The quantitative estimate of drug-likeness (QED) is 0.354. The number of hydrogen-bond acceptors (Lipinski definition) is 2. The van der Waals surface area contributed by atoms with Gasteiger partial charge in [0.25, 0.3) is 0 Å². The van der Waals surface area contributed by atoms with E-state index >= 15 is 0 Å². The van der Waals surface area contributed by atoms with Gasteiger partial charge in [0, 0.05) is 37.4 Å². The van der Waals surface area contributed by atoms with Crippen LogP contribution < -0.4 is 5.32 Å². The zero-order chi connectivity index (χ0) is 25.9. The summed E-state index contributed by atoms with van der Waals surface area (Å²) in [5.74, 6) is -2.09. The molecule has 35 heavy (non-hydrogen) atoms. The predicted octanol–water partition coefficient (Wildman–Crippen LogP) is 8.17. The lowest BCUT2D eigenvalue weighted by Crippen LogP contribution is -2.50. The average molecular weight is 524 g/mol. The van der Waals surface area contributed by atoms with Crippen molar-refractivity contribution in [2.75, 3.05) is 18.4 Å². The number of amides is 2. The summed E-state index contributed by atoms with van der Waals surface area (Å²) in [6.07, 6.45) is 3.43. The largest absolute Gasteiger partial charge is 0.322 e. The molecule has 2 amide bonds. The number of urea groups is 1. The van der Waals surface area contributed by atoms with Crippen LogP contribution in [-0.4, -0.2) is 41.0 Å². The Morgan fingerprint density at radius 1 is 1.09 bits per heavy atom. The normalized spacial score (nSPS) is 18.4. The van der Waals surface area contributed by atoms with Crippen LogP contribution in [0, 0.1) is 5.82 Å². The van der Waals surface area contributed by atoms with Crippen LogP contribution in [0.25, 0.3) is 0 Å². The molecule has 1 N–H and O–H groups in total. The number of nitrogens with zero attached hydrogens (tertiary/aromatic N) is 2. The van der Waals surface area contributed by atoms with Crippen molar-refractivity contribution >= 4 is 21.9 Å². The molecule has 1 saturated heterocycles. The molecule has 0 radical (unpaired) electrons. The topological polar surface area (TPSA) is 35.6 Å². The van der Waals surface area contributed by atoms with Gasteiger partial charge in [0.15, 0.2) is 0 Å². The molecular formula is C24H31F6N3OS. The van der Waals surface area contributed by atoms with E-state index in [9.17, 15) is 28.6 Å². The van der Waals surface area contributed by atoms with Crippen LogP contribution in [0.2, 0.25) is 0 Å². The van der Waals surface area contributed by atoms with Crippen molar-refractivity contribution < 1.29 is 28.6 Å². The van der Waals surface area contributed by atoms with Crippen molar-refractivity contribution in [1.82, 2.24) is 9.80 Å². The molecule has 0 spiro atoms. The molecule has 1 aliphatic heterocycles. The number of carbonyl (C=O) groups excluding carboxylic acids is 1. The highest BCUT2D eigenvalue weighted by Gasteiger charge is 2.67. The van der Waals surface area contributed by atoms with E-state index in [0.29, 0.717) is 18.9 Å². The van der Waals surface area contributed by atoms with Gasteiger partial charge in [0.05, 0.1) is 0 Å². The minimum Gasteiger partial charge on any atom is -0.317 e.